The molecule has 24 heavy (non-hydrogen) atoms. The minimum absolute atomic E-state index is 0.0168. The molecule has 0 aliphatic carbocycles. The summed E-state index contributed by atoms with van der Waals surface area (Å²) in [5, 5.41) is 9.69. The quantitative estimate of drug-likeness (QED) is 0.879. The van der Waals surface area contributed by atoms with E-state index in [-0.39, 0.29) is 30.8 Å². The van der Waals surface area contributed by atoms with Gasteiger partial charge < -0.3 is 14.7 Å². The van der Waals surface area contributed by atoms with Gasteiger partial charge in [-0.15, -0.1) is 0 Å². The maximum Gasteiger partial charge on any atom is 0.317 e. The highest BCUT2D eigenvalue weighted by molar-refractivity contribution is 6.31. The maximum absolute atomic E-state index is 12.7. The van der Waals surface area contributed by atoms with E-state index in [9.17, 15) is 9.59 Å². The van der Waals surface area contributed by atoms with Crippen LogP contribution in [0.5, 0.6) is 0 Å². The summed E-state index contributed by atoms with van der Waals surface area (Å²) in [5.74, 6) is -0.694. The highest BCUT2D eigenvalue weighted by atomic mass is 35.5. The molecule has 0 unspecified atom stereocenters. The van der Waals surface area contributed by atoms with Gasteiger partial charge in [0.25, 0.3) is 0 Å². The van der Waals surface area contributed by atoms with Gasteiger partial charge >= 0.3 is 5.97 Å². The number of fused-ring (bicyclic) bond motifs is 3. The Morgan fingerprint density at radius 1 is 1.21 bits per heavy atom. The van der Waals surface area contributed by atoms with E-state index < -0.39 is 5.97 Å². The lowest BCUT2D eigenvalue weighted by atomic mass is 10.1. The van der Waals surface area contributed by atoms with Crippen LogP contribution in [0.1, 0.15) is 5.56 Å². The number of carbonyl (C=O) groups is 2. The van der Waals surface area contributed by atoms with E-state index in [1.165, 1.54) is 0 Å². The van der Waals surface area contributed by atoms with E-state index in [0.29, 0.717) is 37.9 Å². The second-order valence-electron chi connectivity index (χ2n) is 6.45. The number of ether oxygens (including phenoxy) is 1. The lowest BCUT2D eigenvalue weighted by Crippen LogP contribution is -2.47. The Morgan fingerprint density at radius 3 is 2.75 bits per heavy atom. The van der Waals surface area contributed by atoms with Crippen LogP contribution < -0.4 is 0 Å². The molecule has 0 radical (unpaired) electrons. The third-order valence-electron chi connectivity index (χ3n) is 4.57. The molecule has 0 aromatic heterocycles. The van der Waals surface area contributed by atoms with Crippen LogP contribution in [0.15, 0.2) is 24.3 Å². The van der Waals surface area contributed by atoms with Crippen molar-refractivity contribution in [2.75, 3.05) is 39.4 Å². The Hall–Kier alpha value is -1.63. The molecule has 130 valence electrons. The van der Waals surface area contributed by atoms with E-state index in [0.717, 1.165) is 5.56 Å². The lowest BCUT2D eigenvalue weighted by Gasteiger charge is -2.30. The Kier molecular flexibility index (Phi) is 5.38. The van der Waals surface area contributed by atoms with Gasteiger partial charge in [0, 0.05) is 30.6 Å². The maximum atomic E-state index is 12.7. The SMILES string of the molecule is O=C(O)CN1C[C@H]2COC[C@@H]1CN(C(=O)Cc1ccccc1Cl)C2. The minimum atomic E-state index is -0.850. The van der Waals surface area contributed by atoms with Crippen LogP contribution in [0, 0.1) is 5.92 Å². The molecule has 0 spiro atoms. The largest absolute Gasteiger partial charge is 0.480 e. The number of carboxylic acids is 1. The second kappa shape index (κ2) is 7.51. The molecule has 1 aromatic rings. The fourth-order valence-corrected chi connectivity index (χ4v) is 3.62. The number of nitrogens with zero attached hydrogens (tertiary/aromatic N) is 2. The average Bonchev–Trinajstić information content (AvgIpc) is 2.78. The van der Waals surface area contributed by atoms with Gasteiger partial charge in [0.05, 0.1) is 32.2 Å². The fraction of sp³-hybridized carbons (Fsp3) is 0.529. The molecular weight excluding hydrogens is 332 g/mol. The smallest absolute Gasteiger partial charge is 0.317 e. The zero-order valence-corrected chi connectivity index (χ0v) is 14.1. The first-order valence-electron chi connectivity index (χ1n) is 8.07. The predicted octanol–water partition coefficient (Wildman–Crippen LogP) is 1.13. The molecule has 1 aromatic carbocycles. The molecular formula is C17H21ClN2O4. The third kappa shape index (κ3) is 4.06. The van der Waals surface area contributed by atoms with Crippen LogP contribution in [0.25, 0.3) is 0 Å². The zero-order valence-electron chi connectivity index (χ0n) is 13.4. The topological polar surface area (TPSA) is 70.1 Å². The van der Waals surface area contributed by atoms with Gasteiger partial charge in [-0.05, 0) is 11.6 Å². The first kappa shape index (κ1) is 17.2. The van der Waals surface area contributed by atoms with Crippen molar-refractivity contribution in [2.24, 2.45) is 5.92 Å². The van der Waals surface area contributed by atoms with Crippen LogP contribution in [-0.4, -0.2) is 72.2 Å². The summed E-state index contributed by atoms with van der Waals surface area (Å²) in [6.07, 6.45) is 0.263. The number of amides is 1. The Morgan fingerprint density at radius 2 is 2.00 bits per heavy atom. The summed E-state index contributed by atoms with van der Waals surface area (Å²) >= 11 is 6.15. The molecule has 1 amide bonds. The van der Waals surface area contributed by atoms with Crippen LogP contribution in [0.4, 0.5) is 0 Å². The number of carbonyl (C=O) groups excluding carboxylic acids is 1. The summed E-state index contributed by atoms with van der Waals surface area (Å²) in [5.41, 5.74) is 0.817. The van der Waals surface area contributed by atoms with Crippen molar-refractivity contribution in [3.05, 3.63) is 34.9 Å². The molecule has 2 heterocycles. The van der Waals surface area contributed by atoms with E-state index in [1.54, 1.807) is 6.07 Å². The third-order valence-corrected chi connectivity index (χ3v) is 4.94. The van der Waals surface area contributed by atoms with E-state index >= 15 is 0 Å². The van der Waals surface area contributed by atoms with Gasteiger partial charge in [0.1, 0.15) is 0 Å². The van der Waals surface area contributed by atoms with Crippen LogP contribution in [-0.2, 0) is 20.7 Å². The summed E-state index contributed by atoms with van der Waals surface area (Å²) < 4.78 is 5.65. The number of aliphatic carboxylic acids is 1. The monoisotopic (exact) mass is 352 g/mol. The fourth-order valence-electron chi connectivity index (χ4n) is 3.42. The Balaban J connectivity index is 1.72. The molecule has 2 aliphatic heterocycles. The lowest BCUT2D eigenvalue weighted by molar-refractivity contribution is -0.139. The van der Waals surface area contributed by atoms with E-state index in [1.807, 2.05) is 28.0 Å². The van der Waals surface area contributed by atoms with Gasteiger partial charge in [-0.2, -0.15) is 0 Å². The molecule has 7 heteroatoms. The second-order valence-corrected chi connectivity index (χ2v) is 6.85. The van der Waals surface area contributed by atoms with Crippen molar-refractivity contribution in [3.8, 4) is 0 Å². The summed E-state index contributed by atoms with van der Waals surface area (Å²) in [6, 6.07) is 7.27. The first-order valence-corrected chi connectivity index (χ1v) is 8.45. The number of benzene rings is 1. The highest BCUT2D eigenvalue weighted by Crippen LogP contribution is 2.22. The van der Waals surface area contributed by atoms with Crippen molar-refractivity contribution < 1.29 is 19.4 Å². The van der Waals surface area contributed by atoms with E-state index in [2.05, 4.69) is 0 Å². The van der Waals surface area contributed by atoms with Gasteiger partial charge in [-0.3, -0.25) is 14.5 Å². The highest BCUT2D eigenvalue weighted by Gasteiger charge is 2.35. The van der Waals surface area contributed by atoms with Crippen molar-refractivity contribution >= 4 is 23.5 Å². The standard InChI is InChI=1S/C17H21ClN2O4/c18-15-4-2-1-3-13(15)5-16(21)20-7-12-6-19(9-17(22)23)14(8-20)11-24-10-12/h1-4,12,14H,5-11H2,(H,22,23)/t12-,14+/m1/s1. The summed E-state index contributed by atoms with van der Waals surface area (Å²) in [7, 11) is 0. The van der Waals surface area contributed by atoms with Gasteiger partial charge in [0.15, 0.2) is 0 Å². The Labute approximate surface area is 145 Å². The van der Waals surface area contributed by atoms with Crippen molar-refractivity contribution in [3.63, 3.8) is 0 Å². The predicted molar refractivity (Wildman–Crippen MR) is 89.0 cm³/mol. The normalized spacial score (nSPS) is 24.5. The molecule has 0 saturated carbocycles. The molecule has 1 N–H and O–H groups in total. The number of hydrogen-bond donors (Lipinski definition) is 1. The number of carboxylic acid groups (broad SMARTS) is 1. The van der Waals surface area contributed by atoms with Crippen molar-refractivity contribution in [2.45, 2.75) is 12.5 Å². The van der Waals surface area contributed by atoms with Crippen LogP contribution >= 0.6 is 11.6 Å². The number of rotatable bonds is 4. The van der Waals surface area contributed by atoms with Gasteiger partial charge in [0.2, 0.25) is 5.91 Å². The van der Waals surface area contributed by atoms with Crippen molar-refractivity contribution in [1.82, 2.24) is 9.80 Å². The molecule has 3 rings (SSSR count). The average molecular weight is 353 g/mol. The van der Waals surface area contributed by atoms with Crippen LogP contribution in [0.3, 0.4) is 0 Å². The molecule has 2 atom stereocenters. The molecule has 2 fully saturated rings. The minimum Gasteiger partial charge on any atom is -0.480 e. The van der Waals surface area contributed by atoms with E-state index in [4.69, 9.17) is 21.4 Å². The number of hydrogen-bond acceptors (Lipinski definition) is 4. The van der Waals surface area contributed by atoms with Crippen LogP contribution in [0.2, 0.25) is 5.02 Å². The number of halogens is 1. The van der Waals surface area contributed by atoms with Crippen molar-refractivity contribution in [1.29, 1.82) is 0 Å². The zero-order chi connectivity index (χ0) is 17.1. The summed E-state index contributed by atoms with van der Waals surface area (Å²) in [4.78, 5) is 27.6. The van der Waals surface area contributed by atoms with Gasteiger partial charge in [-0.25, -0.2) is 0 Å². The molecule has 6 nitrogen and oxygen atoms in total. The molecule has 2 saturated heterocycles. The summed E-state index contributed by atoms with van der Waals surface area (Å²) in [6.45, 7) is 2.73. The van der Waals surface area contributed by atoms with Gasteiger partial charge in [-0.1, -0.05) is 29.8 Å². The molecule has 2 aliphatic rings. The molecule has 2 bridgehead atoms. The Bertz CT molecular complexity index is 624. The first-order chi connectivity index (χ1) is 11.5.